The zero-order valence-electron chi connectivity index (χ0n) is 14.1. The number of fused-ring (bicyclic) bond motifs is 1. The van der Waals surface area contributed by atoms with Crippen molar-refractivity contribution in [1.82, 2.24) is 4.57 Å². The average molecular weight is 370 g/mol. The van der Waals surface area contributed by atoms with Crippen molar-refractivity contribution in [3.05, 3.63) is 58.4 Å². The van der Waals surface area contributed by atoms with Gasteiger partial charge in [0.25, 0.3) is 10.0 Å². The van der Waals surface area contributed by atoms with Crippen molar-refractivity contribution in [1.29, 1.82) is 0 Å². The van der Waals surface area contributed by atoms with E-state index in [1.165, 1.54) is 16.9 Å². The molecule has 25 heavy (non-hydrogen) atoms. The largest absolute Gasteiger partial charge is 0.304 e. The van der Waals surface area contributed by atoms with Crippen LogP contribution in [0.3, 0.4) is 0 Å². The molecule has 0 saturated heterocycles. The van der Waals surface area contributed by atoms with Gasteiger partial charge in [-0.1, -0.05) is 47.9 Å². The lowest BCUT2D eigenvalue weighted by Crippen LogP contribution is -2.16. The van der Waals surface area contributed by atoms with E-state index in [0.717, 1.165) is 22.2 Å². The Kier molecular flexibility index (Phi) is 4.80. The minimum absolute atomic E-state index is 0.178. The second-order valence-corrected chi connectivity index (χ2v) is 8.32. The summed E-state index contributed by atoms with van der Waals surface area (Å²) in [6, 6.07) is 12.7. The van der Waals surface area contributed by atoms with Gasteiger partial charge in [0.05, 0.1) is 21.7 Å². The first kappa shape index (κ1) is 17.5. The van der Waals surface area contributed by atoms with Gasteiger partial charge in [-0.15, -0.1) is 10.8 Å². The van der Waals surface area contributed by atoms with Crippen molar-refractivity contribution in [2.24, 2.45) is 4.40 Å². The van der Waals surface area contributed by atoms with Gasteiger partial charge in [-0.2, -0.15) is 8.42 Å². The lowest BCUT2D eigenvalue weighted by Gasteiger charge is -2.02. The van der Waals surface area contributed by atoms with Crippen LogP contribution >= 0.6 is 11.3 Å². The van der Waals surface area contributed by atoms with E-state index >= 15 is 0 Å². The molecule has 0 unspecified atom stereocenters. The van der Waals surface area contributed by atoms with Gasteiger partial charge in [0.2, 0.25) is 4.80 Å². The van der Waals surface area contributed by atoms with Gasteiger partial charge >= 0.3 is 0 Å². The Hall–Kier alpha value is -2.36. The first-order valence-corrected chi connectivity index (χ1v) is 10.1. The van der Waals surface area contributed by atoms with Gasteiger partial charge in [-0.3, -0.25) is 0 Å². The summed E-state index contributed by atoms with van der Waals surface area (Å²) in [6.45, 7) is 4.26. The molecule has 4 nitrogen and oxygen atoms in total. The van der Waals surface area contributed by atoms with E-state index < -0.39 is 10.0 Å². The number of aromatic nitrogens is 1. The molecule has 0 fully saturated rings. The van der Waals surface area contributed by atoms with E-state index in [1.54, 1.807) is 28.8 Å². The minimum atomic E-state index is -3.79. The molecule has 0 aliphatic carbocycles. The van der Waals surface area contributed by atoms with Crippen LogP contribution in [0.25, 0.3) is 10.2 Å². The number of rotatable bonds is 4. The Morgan fingerprint density at radius 1 is 1.20 bits per heavy atom. The Morgan fingerprint density at radius 2 is 1.92 bits per heavy atom. The lowest BCUT2D eigenvalue weighted by molar-refractivity contribution is 0.596. The molecule has 3 rings (SSSR count). The highest BCUT2D eigenvalue weighted by Crippen LogP contribution is 2.20. The molecular formula is C19H18N2O2S2. The van der Waals surface area contributed by atoms with Crippen LogP contribution in [0.5, 0.6) is 0 Å². The molecule has 0 aliphatic rings. The molecule has 1 heterocycles. The van der Waals surface area contributed by atoms with Gasteiger partial charge in [0.1, 0.15) is 0 Å². The quantitative estimate of drug-likeness (QED) is 0.660. The number of nitrogens with zero attached hydrogens (tertiary/aromatic N) is 2. The van der Waals surface area contributed by atoms with Crippen LogP contribution < -0.4 is 4.80 Å². The van der Waals surface area contributed by atoms with Crippen molar-refractivity contribution < 1.29 is 8.42 Å². The van der Waals surface area contributed by atoms with Crippen LogP contribution in [0.1, 0.15) is 18.1 Å². The highest BCUT2D eigenvalue weighted by atomic mass is 32.2. The molecule has 1 aromatic heterocycles. The normalized spacial score (nSPS) is 12.4. The molecule has 0 amide bonds. The molecular weight excluding hydrogens is 352 g/mol. The molecule has 0 N–H and O–H groups in total. The molecule has 3 aromatic rings. The van der Waals surface area contributed by atoms with Crippen molar-refractivity contribution in [2.75, 3.05) is 0 Å². The van der Waals surface area contributed by atoms with E-state index in [4.69, 9.17) is 6.42 Å². The third kappa shape index (κ3) is 3.53. The SMILES string of the molecule is C#CCn1/c(=N/S(=O)(=O)c2ccc(C)cc2)sc2cc(CC)ccc21. The molecule has 0 bridgehead atoms. The van der Waals surface area contributed by atoms with Gasteiger partial charge in [-0.25, -0.2) is 0 Å². The number of hydrogen-bond donors (Lipinski definition) is 0. The molecule has 0 aliphatic heterocycles. The van der Waals surface area contributed by atoms with E-state index in [-0.39, 0.29) is 11.4 Å². The van der Waals surface area contributed by atoms with Crippen LogP contribution in [-0.2, 0) is 23.0 Å². The van der Waals surface area contributed by atoms with Crippen molar-refractivity contribution >= 4 is 31.6 Å². The fourth-order valence-corrected chi connectivity index (χ4v) is 4.81. The molecule has 0 saturated carbocycles. The molecule has 2 aromatic carbocycles. The summed E-state index contributed by atoms with van der Waals surface area (Å²) in [5, 5.41) is 0. The number of thiazole rings is 1. The summed E-state index contributed by atoms with van der Waals surface area (Å²) in [6.07, 6.45) is 6.38. The smallest absolute Gasteiger partial charge is 0.285 e. The lowest BCUT2D eigenvalue weighted by atomic mass is 10.2. The number of terminal acetylenes is 1. The maximum Gasteiger partial charge on any atom is 0.285 e. The summed E-state index contributed by atoms with van der Waals surface area (Å²) in [4.78, 5) is 0.568. The van der Waals surface area contributed by atoms with Gasteiger partial charge < -0.3 is 4.57 Å². The maximum atomic E-state index is 12.6. The van der Waals surface area contributed by atoms with Crippen LogP contribution in [0.15, 0.2) is 51.8 Å². The monoisotopic (exact) mass is 370 g/mol. The predicted octanol–water partition coefficient (Wildman–Crippen LogP) is 3.50. The molecule has 128 valence electrons. The molecule has 0 spiro atoms. The summed E-state index contributed by atoms with van der Waals surface area (Å²) in [5.74, 6) is 2.58. The second-order valence-electron chi connectivity index (χ2n) is 5.71. The van der Waals surface area contributed by atoms with Gasteiger partial charge in [-0.05, 0) is 43.2 Å². The third-order valence-electron chi connectivity index (χ3n) is 3.92. The summed E-state index contributed by atoms with van der Waals surface area (Å²) in [7, 11) is -3.79. The zero-order valence-corrected chi connectivity index (χ0v) is 15.7. The van der Waals surface area contributed by atoms with E-state index in [1.807, 2.05) is 19.1 Å². The molecule has 6 heteroatoms. The Labute approximate surface area is 151 Å². The van der Waals surface area contributed by atoms with Crippen LogP contribution in [0.4, 0.5) is 0 Å². The second kappa shape index (κ2) is 6.87. The van der Waals surface area contributed by atoms with Crippen LogP contribution in [0.2, 0.25) is 0 Å². The van der Waals surface area contributed by atoms with Crippen molar-refractivity contribution in [2.45, 2.75) is 31.7 Å². The minimum Gasteiger partial charge on any atom is -0.304 e. The molecule has 0 radical (unpaired) electrons. The zero-order chi connectivity index (χ0) is 18.0. The van der Waals surface area contributed by atoms with Gasteiger partial charge in [0, 0.05) is 0 Å². The Morgan fingerprint density at radius 3 is 2.56 bits per heavy atom. The maximum absolute atomic E-state index is 12.6. The number of benzene rings is 2. The van der Waals surface area contributed by atoms with Crippen LogP contribution in [0, 0.1) is 19.3 Å². The topological polar surface area (TPSA) is 51.4 Å². The number of aryl methyl sites for hydroxylation is 2. The van der Waals surface area contributed by atoms with Crippen LogP contribution in [-0.4, -0.2) is 13.0 Å². The van der Waals surface area contributed by atoms with Crippen molar-refractivity contribution in [3.8, 4) is 12.3 Å². The van der Waals surface area contributed by atoms with Crippen molar-refractivity contribution in [3.63, 3.8) is 0 Å². The highest BCUT2D eigenvalue weighted by Gasteiger charge is 2.14. The highest BCUT2D eigenvalue weighted by molar-refractivity contribution is 7.90. The number of hydrogen-bond acceptors (Lipinski definition) is 3. The van der Waals surface area contributed by atoms with E-state index in [9.17, 15) is 8.42 Å². The number of sulfonamides is 1. The summed E-state index contributed by atoms with van der Waals surface area (Å²) in [5.41, 5.74) is 3.09. The predicted molar refractivity (Wildman–Crippen MR) is 102 cm³/mol. The third-order valence-corrected chi connectivity index (χ3v) is 6.36. The van der Waals surface area contributed by atoms with E-state index in [0.29, 0.717) is 4.80 Å². The first-order chi connectivity index (χ1) is 11.9. The standard InChI is InChI=1S/C19H18N2O2S2/c1-4-12-21-17-11-8-15(5-2)13-18(17)24-19(21)20-25(22,23)16-9-6-14(3)7-10-16/h1,6-11,13H,5,12H2,2-3H3/b20-19-. The Balaban J connectivity index is 2.22. The summed E-state index contributed by atoms with van der Waals surface area (Å²) >= 11 is 1.34. The average Bonchev–Trinajstić information content (AvgIpc) is 2.91. The fourth-order valence-electron chi connectivity index (χ4n) is 2.52. The summed E-state index contributed by atoms with van der Waals surface area (Å²) < 4.78 is 32.1. The Bertz CT molecular complexity index is 1130. The van der Waals surface area contributed by atoms with E-state index in [2.05, 4.69) is 23.3 Å². The first-order valence-electron chi connectivity index (χ1n) is 7.88. The molecule has 0 atom stereocenters. The van der Waals surface area contributed by atoms with Gasteiger partial charge in [0.15, 0.2) is 0 Å². The fraction of sp³-hybridized carbons (Fsp3) is 0.211.